The van der Waals surface area contributed by atoms with Gasteiger partial charge >= 0.3 is 0 Å². The molecule has 2 aliphatic rings. The van der Waals surface area contributed by atoms with Crippen molar-refractivity contribution in [2.75, 3.05) is 6.61 Å². The summed E-state index contributed by atoms with van der Waals surface area (Å²) in [5.41, 5.74) is 4.50. The van der Waals surface area contributed by atoms with E-state index in [0.717, 1.165) is 49.9 Å². The summed E-state index contributed by atoms with van der Waals surface area (Å²) < 4.78 is 7.17. The third kappa shape index (κ3) is 3.50. The van der Waals surface area contributed by atoms with Crippen LogP contribution in [-0.2, 0) is 24.3 Å². The molecule has 5 rings (SSSR count). The molecule has 0 bridgehead atoms. The van der Waals surface area contributed by atoms with E-state index in [1.807, 2.05) is 6.20 Å². The van der Waals surface area contributed by atoms with Crippen LogP contribution in [0.3, 0.4) is 0 Å². The van der Waals surface area contributed by atoms with Gasteiger partial charge in [-0.15, -0.1) is 0 Å². The van der Waals surface area contributed by atoms with Crippen LogP contribution in [0, 0.1) is 0 Å². The van der Waals surface area contributed by atoms with Gasteiger partial charge in [0.1, 0.15) is 0 Å². The lowest BCUT2D eigenvalue weighted by molar-refractivity contribution is 0.107. The first-order chi connectivity index (χ1) is 13.8. The monoisotopic (exact) mass is 378 g/mol. The Morgan fingerprint density at radius 2 is 2.07 bits per heavy atom. The molecule has 6 heteroatoms. The van der Waals surface area contributed by atoms with Crippen molar-refractivity contribution in [1.29, 1.82) is 0 Å². The zero-order chi connectivity index (χ0) is 18.9. The maximum absolute atomic E-state index is 12.5. The maximum Gasteiger partial charge on any atom is 0.267 e. The minimum Gasteiger partial charge on any atom is -0.376 e. The third-order valence-corrected chi connectivity index (χ3v) is 6.12. The van der Waals surface area contributed by atoms with Crippen LogP contribution in [-0.4, -0.2) is 27.4 Å². The molecule has 1 fully saturated rings. The van der Waals surface area contributed by atoms with Crippen LogP contribution in [0.4, 0.5) is 0 Å². The van der Waals surface area contributed by atoms with Crippen LogP contribution >= 0.6 is 0 Å². The summed E-state index contributed by atoms with van der Waals surface area (Å²) in [6.45, 7) is 2.10. The molecule has 1 aliphatic carbocycles. The lowest BCUT2D eigenvalue weighted by Gasteiger charge is -2.30. The number of benzene rings is 1. The van der Waals surface area contributed by atoms with E-state index in [1.54, 1.807) is 10.7 Å². The zero-order valence-corrected chi connectivity index (χ0v) is 16.0. The molecule has 3 aromatic rings. The van der Waals surface area contributed by atoms with Crippen LogP contribution in [0.25, 0.3) is 10.9 Å². The van der Waals surface area contributed by atoms with E-state index in [2.05, 4.69) is 39.7 Å². The largest absolute Gasteiger partial charge is 0.376 e. The summed E-state index contributed by atoms with van der Waals surface area (Å²) >= 11 is 0. The quantitative estimate of drug-likeness (QED) is 0.732. The van der Waals surface area contributed by atoms with Crippen LogP contribution in [0.2, 0.25) is 0 Å². The first-order valence-corrected chi connectivity index (χ1v) is 10.2. The number of hydrogen-bond acceptors (Lipinski definition) is 4. The molecule has 1 saturated carbocycles. The number of nitrogens with zero attached hydrogens (tertiary/aromatic N) is 2. The number of H-pyrrole nitrogens is 1. The van der Waals surface area contributed by atoms with Gasteiger partial charge in [0.05, 0.1) is 24.9 Å². The molecule has 0 saturated heterocycles. The van der Waals surface area contributed by atoms with Crippen molar-refractivity contribution in [2.45, 2.75) is 57.3 Å². The maximum atomic E-state index is 12.5. The highest BCUT2D eigenvalue weighted by atomic mass is 16.5. The second-order valence-corrected chi connectivity index (χ2v) is 7.99. The number of aromatic amines is 1. The standard InChI is InChI=1S/C22H26N4O2/c27-22-12-17-14-28-10-8-21(17)25-26(22)19-4-2-18(3-5-19)24-13-15-1-6-20-16(11-15)7-9-23-20/h1,6-7,9,11-12,18-19,23-24H,2-5,8,10,13-14H2. The van der Waals surface area contributed by atoms with Gasteiger partial charge in [-0.2, -0.15) is 5.10 Å². The number of ether oxygens (including phenoxy) is 1. The van der Waals surface area contributed by atoms with Gasteiger partial charge in [0.25, 0.3) is 5.56 Å². The second kappa shape index (κ2) is 7.53. The second-order valence-electron chi connectivity index (χ2n) is 7.99. The minimum absolute atomic E-state index is 0.0143. The Kier molecular flexibility index (Phi) is 4.74. The molecule has 1 aromatic carbocycles. The van der Waals surface area contributed by atoms with E-state index < -0.39 is 0 Å². The molecule has 1 aliphatic heterocycles. The Labute approximate surface area is 163 Å². The molecule has 6 nitrogen and oxygen atoms in total. The van der Waals surface area contributed by atoms with Gasteiger partial charge in [0.2, 0.25) is 0 Å². The van der Waals surface area contributed by atoms with Crippen molar-refractivity contribution < 1.29 is 4.74 Å². The highest BCUT2D eigenvalue weighted by Gasteiger charge is 2.25. The van der Waals surface area contributed by atoms with Crippen LogP contribution in [0.5, 0.6) is 0 Å². The summed E-state index contributed by atoms with van der Waals surface area (Å²) in [6, 6.07) is 11.1. The summed E-state index contributed by atoms with van der Waals surface area (Å²) in [5, 5.41) is 9.63. The topological polar surface area (TPSA) is 71.9 Å². The van der Waals surface area contributed by atoms with Crippen LogP contribution < -0.4 is 10.9 Å². The number of rotatable bonds is 4. The van der Waals surface area contributed by atoms with E-state index in [9.17, 15) is 4.79 Å². The molecule has 3 heterocycles. The molecule has 0 unspecified atom stereocenters. The summed E-state index contributed by atoms with van der Waals surface area (Å²) in [5.74, 6) is 0. The van der Waals surface area contributed by atoms with Crippen molar-refractivity contribution in [3.05, 3.63) is 63.7 Å². The molecule has 0 atom stereocenters. The predicted octanol–water partition coefficient (Wildman–Crippen LogP) is 3.07. The van der Waals surface area contributed by atoms with Gasteiger partial charge in [-0.05, 0) is 54.8 Å². The number of aromatic nitrogens is 3. The predicted molar refractivity (Wildman–Crippen MR) is 108 cm³/mol. The summed E-state index contributed by atoms with van der Waals surface area (Å²) in [4.78, 5) is 15.7. The fourth-order valence-electron chi connectivity index (χ4n) is 4.49. The molecule has 0 radical (unpaired) electrons. The number of hydrogen-bond donors (Lipinski definition) is 2. The first kappa shape index (κ1) is 17.6. The van der Waals surface area contributed by atoms with Crippen molar-refractivity contribution >= 4 is 10.9 Å². The van der Waals surface area contributed by atoms with Gasteiger partial charge in [0, 0.05) is 42.4 Å². The molecule has 28 heavy (non-hydrogen) atoms. The summed E-state index contributed by atoms with van der Waals surface area (Å²) in [7, 11) is 0. The van der Waals surface area contributed by atoms with Crippen LogP contribution in [0.1, 0.15) is 48.5 Å². The van der Waals surface area contributed by atoms with Gasteiger partial charge in [-0.1, -0.05) is 6.07 Å². The Balaban J connectivity index is 1.20. The third-order valence-electron chi connectivity index (χ3n) is 6.12. The van der Waals surface area contributed by atoms with Gasteiger partial charge in [0.15, 0.2) is 0 Å². The van der Waals surface area contributed by atoms with E-state index in [4.69, 9.17) is 4.74 Å². The lowest BCUT2D eigenvalue weighted by Crippen LogP contribution is -2.37. The molecular weight excluding hydrogens is 352 g/mol. The van der Waals surface area contributed by atoms with E-state index >= 15 is 0 Å². The van der Waals surface area contributed by atoms with Crippen molar-refractivity contribution in [3.63, 3.8) is 0 Å². The molecule has 2 aromatic heterocycles. The van der Waals surface area contributed by atoms with E-state index in [-0.39, 0.29) is 11.6 Å². The molecular formula is C22H26N4O2. The Morgan fingerprint density at radius 3 is 2.96 bits per heavy atom. The first-order valence-electron chi connectivity index (χ1n) is 10.2. The number of nitrogens with one attached hydrogen (secondary N) is 2. The van der Waals surface area contributed by atoms with Crippen molar-refractivity contribution in [2.24, 2.45) is 0 Å². The van der Waals surface area contributed by atoms with Crippen molar-refractivity contribution in [3.8, 4) is 0 Å². The molecule has 2 N–H and O–H groups in total. The van der Waals surface area contributed by atoms with Crippen LogP contribution in [0.15, 0.2) is 41.3 Å². The molecule has 146 valence electrons. The fraction of sp³-hybridized carbons (Fsp3) is 0.455. The average Bonchev–Trinajstić information content (AvgIpc) is 3.20. The van der Waals surface area contributed by atoms with Gasteiger partial charge in [-0.3, -0.25) is 4.79 Å². The van der Waals surface area contributed by atoms with Crippen molar-refractivity contribution in [1.82, 2.24) is 20.1 Å². The fourth-order valence-corrected chi connectivity index (χ4v) is 4.49. The van der Waals surface area contributed by atoms with Gasteiger partial charge in [-0.25, -0.2) is 4.68 Å². The zero-order valence-electron chi connectivity index (χ0n) is 16.0. The highest BCUT2D eigenvalue weighted by molar-refractivity contribution is 5.79. The van der Waals surface area contributed by atoms with E-state index in [1.165, 1.54) is 16.5 Å². The smallest absolute Gasteiger partial charge is 0.267 e. The normalized spacial score (nSPS) is 22.3. The van der Waals surface area contributed by atoms with Gasteiger partial charge < -0.3 is 15.0 Å². The Morgan fingerprint density at radius 1 is 1.18 bits per heavy atom. The SMILES string of the molecule is O=c1cc2c(nn1C1CCC(NCc3ccc4[nH]ccc4c3)CC1)CCOC2. The average molecular weight is 378 g/mol. The Hall–Kier alpha value is -2.44. The number of fused-ring (bicyclic) bond motifs is 2. The molecule has 0 spiro atoms. The van der Waals surface area contributed by atoms with E-state index in [0.29, 0.717) is 19.3 Å². The highest BCUT2D eigenvalue weighted by Crippen LogP contribution is 2.28. The summed E-state index contributed by atoms with van der Waals surface area (Å²) in [6.07, 6.45) is 6.93. The minimum atomic E-state index is 0.0143. The molecule has 0 amide bonds. The Bertz CT molecular complexity index is 1030. The lowest BCUT2D eigenvalue weighted by atomic mass is 9.91.